The molecule has 4 N–H and O–H groups in total. The van der Waals surface area contributed by atoms with E-state index in [1.54, 1.807) is 6.08 Å². The van der Waals surface area contributed by atoms with Crippen LogP contribution in [0, 0.1) is 0 Å². The maximum atomic E-state index is 8.33. The maximum Gasteiger partial charge on any atom is 0.167 e. The lowest BCUT2D eigenvalue weighted by molar-refractivity contribution is -0.0571. The molecule has 0 aliphatic rings. The van der Waals surface area contributed by atoms with Gasteiger partial charge in [-0.1, -0.05) is 6.08 Å². The zero-order chi connectivity index (χ0) is 6.57. The summed E-state index contributed by atoms with van der Waals surface area (Å²) in [6.07, 6.45) is 0.551. The van der Waals surface area contributed by atoms with Gasteiger partial charge in [0.25, 0.3) is 0 Å². The van der Waals surface area contributed by atoms with Crippen molar-refractivity contribution in [3.63, 3.8) is 0 Å². The first-order valence-corrected chi connectivity index (χ1v) is 2.41. The summed E-state index contributed by atoms with van der Waals surface area (Å²) in [6, 6.07) is -0.590. The molecule has 0 aliphatic heterocycles. The van der Waals surface area contributed by atoms with E-state index < -0.39 is 12.3 Å². The monoisotopic (exact) mass is 117 g/mol. The highest BCUT2D eigenvalue weighted by Gasteiger charge is 2.06. The molecule has 3 nitrogen and oxygen atoms in total. The lowest BCUT2D eigenvalue weighted by Gasteiger charge is -2.09. The predicted octanol–water partition coefficient (Wildman–Crippen LogP) is -0.799. The summed E-state index contributed by atoms with van der Waals surface area (Å²) in [5.74, 6) is 0. The lowest BCUT2D eigenvalue weighted by atomic mass is 10.2. The predicted molar refractivity (Wildman–Crippen MR) is 31.0 cm³/mol. The van der Waals surface area contributed by atoms with Gasteiger partial charge in [0.2, 0.25) is 0 Å². The van der Waals surface area contributed by atoms with E-state index in [1.807, 2.05) is 0 Å². The van der Waals surface area contributed by atoms with Gasteiger partial charge >= 0.3 is 0 Å². The molecule has 8 heavy (non-hydrogen) atoms. The van der Waals surface area contributed by atoms with Crippen molar-refractivity contribution < 1.29 is 10.2 Å². The van der Waals surface area contributed by atoms with Crippen LogP contribution in [-0.4, -0.2) is 22.5 Å². The van der Waals surface area contributed by atoms with Gasteiger partial charge in [0.05, 0.1) is 6.04 Å². The number of nitrogens with two attached hydrogens (primary N) is 1. The van der Waals surface area contributed by atoms with Gasteiger partial charge in [-0.3, -0.25) is 0 Å². The molecule has 0 aromatic carbocycles. The molecule has 0 aromatic heterocycles. The summed E-state index contributed by atoms with van der Waals surface area (Å²) in [5, 5.41) is 16.7. The van der Waals surface area contributed by atoms with Crippen LogP contribution in [0.3, 0.4) is 0 Å². The average Bonchev–Trinajstić information content (AvgIpc) is 1.67. The Hall–Kier alpha value is -0.380. The third kappa shape index (κ3) is 2.74. The summed E-state index contributed by atoms with van der Waals surface area (Å²) >= 11 is 0. The van der Waals surface area contributed by atoms with Gasteiger partial charge < -0.3 is 15.9 Å². The highest BCUT2D eigenvalue weighted by Crippen LogP contribution is 1.91. The maximum absolute atomic E-state index is 8.33. The molecule has 0 unspecified atom stereocenters. The third-order valence-corrected chi connectivity index (χ3v) is 0.822. The molecule has 0 aliphatic carbocycles. The van der Waals surface area contributed by atoms with E-state index in [0.717, 1.165) is 0 Å². The van der Waals surface area contributed by atoms with E-state index in [0.29, 0.717) is 6.42 Å². The molecule has 0 spiro atoms. The summed E-state index contributed by atoms with van der Waals surface area (Å²) < 4.78 is 0. The summed E-state index contributed by atoms with van der Waals surface area (Å²) in [6.45, 7) is 3.38. The van der Waals surface area contributed by atoms with Crippen LogP contribution >= 0.6 is 0 Å². The number of rotatable bonds is 3. The highest BCUT2D eigenvalue weighted by atomic mass is 16.5. The Morgan fingerprint density at radius 3 is 2.25 bits per heavy atom. The second kappa shape index (κ2) is 3.60. The van der Waals surface area contributed by atoms with Gasteiger partial charge in [0.1, 0.15) is 0 Å². The first-order chi connectivity index (χ1) is 3.68. The molecule has 0 bridgehead atoms. The molecular formula is C5H11NO2. The van der Waals surface area contributed by atoms with E-state index in [2.05, 4.69) is 6.58 Å². The van der Waals surface area contributed by atoms with Crippen molar-refractivity contribution in [3.8, 4) is 0 Å². The van der Waals surface area contributed by atoms with Crippen molar-refractivity contribution in [1.29, 1.82) is 0 Å². The Bertz CT molecular complexity index is 72.8. The fourth-order valence-electron chi connectivity index (χ4n) is 0.314. The minimum absolute atomic E-state index is 0.428. The largest absolute Gasteiger partial charge is 0.367 e. The summed E-state index contributed by atoms with van der Waals surface area (Å²) in [7, 11) is 0. The Labute approximate surface area is 48.4 Å². The van der Waals surface area contributed by atoms with E-state index in [9.17, 15) is 0 Å². The topological polar surface area (TPSA) is 66.5 Å². The Morgan fingerprint density at radius 1 is 1.62 bits per heavy atom. The normalized spacial score (nSPS) is 14.0. The van der Waals surface area contributed by atoms with Gasteiger partial charge in [0.15, 0.2) is 6.29 Å². The molecule has 1 atom stereocenters. The van der Waals surface area contributed by atoms with Crippen LogP contribution in [0.15, 0.2) is 12.7 Å². The van der Waals surface area contributed by atoms with Crippen LogP contribution in [0.2, 0.25) is 0 Å². The number of hydrogen-bond donors (Lipinski definition) is 3. The van der Waals surface area contributed by atoms with Crippen molar-refractivity contribution in [2.45, 2.75) is 18.8 Å². The first-order valence-electron chi connectivity index (χ1n) is 2.41. The van der Waals surface area contributed by atoms with Gasteiger partial charge in [-0.05, 0) is 6.42 Å². The van der Waals surface area contributed by atoms with Crippen LogP contribution in [0.1, 0.15) is 6.42 Å². The SMILES string of the molecule is C=CC[C@@H](N)C(O)O. The fraction of sp³-hybridized carbons (Fsp3) is 0.600. The van der Waals surface area contributed by atoms with Crippen LogP contribution in [-0.2, 0) is 0 Å². The van der Waals surface area contributed by atoms with Gasteiger partial charge in [-0.25, -0.2) is 0 Å². The quantitative estimate of drug-likeness (QED) is 0.335. The second-order valence-electron chi connectivity index (χ2n) is 1.60. The van der Waals surface area contributed by atoms with Crippen molar-refractivity contribution in [3.05, 3.63) is 12.7 Å². The fourth-order valence-corrected chi connectivity index (χ4v) is 0.314. The standard InChI is InChI=1S/C5H11NO2/c1-2-3-4(6)5(7)8/h2,4-5,7-8H,1,3,6H2/t4-/m1/s1. The van der Waals surface area contributed by atoms with Gasteiger partial charge in [-0.2, -0.15) is 0 Å². The van der Waals surface area contributed by atoms with Crippen LogP contribution in [0.4, 0.5) is 0 Å². The van der Waals surface area contributed by atoms with E-state index in [-0.39, 0.29) is 0 Å². The van der Waals surface area contributed by atoms with E-state index in [1.165, 1.54) is 0 Å². The third-order valence-electron chi connectivity index (χ3n) is 0.822. The minimum Gasteiger partial charge on any atom is -0.367 e. The van der Waals surface area contributed by atoms with Crippen LogP contribution < -0.4 is 5.73 Å². The Morgan fingerprint density at radius 2 is 2.12 bits per heavy atom. The number of hydrogen-bond acceptors (Lipinski definition) is 3. The van der Waals surface area contributed by atoms with Crippen molar-refractivity contribution in [2.24, 2.45) is 5.73 Å². The first kappa shape index (κ1) is 7.62. The average molecular weight is 117 g/mol. The molecule has 0 heterocycles. The summed E-state index contributed by atoms with van der Waals surface area (Å²) in [4.78, 5) is 0. The zero-order valence-corrected chi connectivity index (χ0v) is 4.62. The van der Waals surface area contributed by atoms with E-state index in [4.69, 9.17) is 15.9 Å². The molecule has 0 aromatic rings. The summed E-state index contributed by atoms with van der Waals surface area (Å²) in [5.41, 5.74) is 5.16. The number of aliphatic hydroxyl groups excluding tert-OH is 1. The smallest absolute Gasteiger partial charge is 0.167 e. The Balaban J connectivity index is 3.30. The van der Waals surface area contributed by atoms with Crippen molar-refractivity contribution in [2.75, 3.05) is 0 Å². The minimum atomic E-state index is -1.42. The molecule has 0 radical (unpaired) electrons. The molecular weight excluding hydrogens is 106 g/mol. The van der Waals surface area contributed by atoms with E-state index >= 15 is 0 Å². The van der Waals surface area contributed by atoms with Gasteiger partial charge in [0, 0.05) is 0 Å². The van der Waals surface area contributed by atoms with Crippen LogP contribution in [0.5, 0.6) is 0 Å². The van der Waals surface area contributed by atoms with Crippen molar-refractivity contribution in [1.82, 2.24) is 0 Å². The molecule has 0 amide bonds. The van der Waals surface area contributed by atoms with Gasteiger partial charge in [-0.15, -0.1) is 6.58 Å². The van der Waals surface area contributed by atoms with Crippen LogP contribution in [0.25, 0.3) is 0 Å². The molecule has 0 saturated heterocycles. The second-order valence-corrected chi connectivity index (χ2v) is 1.60. The molecule has 0 rings (SSSR count). The Kier molecular flexibility index (Phi) is 3.43. The lowest BCUT2D eigenvalue weighted by Crippen LogP contribution is -2.33. The molecule has 48 valence electrons. The number of aliphatic hydroxyl groups is 2. The molecule has 0 fully saturated rings. The van der Waals surface area contributed by atoms with Crippen molar-refractivity contribution >= 4 is 0 Å². The highest BCUT2D eigenvalue weighted by molar-refractivity contribution is 4.75. The zero-order valence-electron chi connectivity index (χ0n) is 4.62. The molecule has 3 heteroatoms. The molecule has 0 saturated carbocycles.